The predicted octanol–water partition coefficient (Wildman–Crippen LogP) is 2.43. The fourth-order valence-electron chi connectivity index (χ4n) is 1.51. The van der Waals surface area contributed by atoms with E-state index in [1.54, 1.807) is 0 Å². The molecule has 1 rings (SSSR count). The van der Waals surface area contributed by atoms with Crippen molar-refractivity contribution in [2.45, 2.75) is 26.0 Å². The lowest BCUT2D eigenvalue weighted by Crippen LogP contribution is -2.41. The van der Waals surface area contributed by atoms with Gasteiger partial charge in [-0.15, -0.1) is 0 Å². The Bertz CT molecular complexity index is 447. The summed E-state index contributed by atoms with van der Waals surface area (Å²) >= 11 is 1.53. The van der Waals surface area contributed by atoms with E-state index in [0.717, 1.165) is 11.1 Å². The van der Waals surface area contributed by atoms with E-state index in [-0.39, 0.29) is 6.61 Å². The molecule has 1 unspecified atom stereocenters. The summed E-state index contributed by atoms with van der Waals surface area (Å²) in [6.07, 6.45) is 1.55. The zero-order valence-corrected chi connectivity index (χ0v) is 12.4. The van der Waals surface area contributed by atoms with Crippen LogP contribution in [0.3, 0.4) is 0 Å². The lowest BCUT2D eigenvalue weighted by molar-refractivity contribution is -0.139. The van der Waals surface area contributed by atoms with Crippen LogP contribution in [0, 0.1) is 6.92 Å². The molecule has 0 heterocycles. The predicted molar refractivity (Wildman–Crippen MR) is 78.9 cm³/mol. The zero-order chi connectivity index (χ0) is 15.0. The molecule has 0 saturated carbocycles. The Labute approximate surface area is 122 Å². The van der Waals surface area contributed by atoms with E-state index >= 15 is 0 Å². The Morgan fingerprint density at radius 2 is 2.00 bits per heavy atom. The van der Waals surface area contributed by atoms with Crippen molar-refractivity contribution < 1.29 is 19.4 Å². The summed E-state index contributed by atoms with van der Waals surface area (Å²) in [6.45, 7) is 2.10. The Hall–Kier alpha value is -1.69. The summed E-state index contributed by atoms with van der Waals surface area (Å²) in [5.74, 6) is -0.388. The number of amides is 1. The fraction of sp³-hybridized carbons (Fsp3) is 0.429. The molecule has 5 nitrogen and oxygen atoms in total. The number of aryl methyl sites for hydroxylation is 1. The Balaban J connectivity index is 2.41. The van der Waals surface area contributed by atoms with E-state index in [0.29, 0.717) is 12.2 Å². The molecule has 2 N–H and O–H groups in total. The Kier molecular flexibility index (Phi) is 6.93. The van der Waals surface area contributed by atoms with Crippen LogP contribution in [0.2, 0.25) is 0 Å². The molecule has 20 heavy (non-hydrogen) atoms. The van der Waals surface area contributed by atoms with Crippen LogP contribution in [-0.2, 0) is 16.1 Å². The highest BCUT2D eigenvalue weighted by atomic mass is 32.2. The SMILES string of the molecule is CSCCC(NC(=O)OCc1ccc(C)cc1)C(=O)O. The minimum absolute atomic E-state index is 0.126. The van der Waals surface area contributed by atoms with Crippen molar-refractivity contribution >= 4 is 23.8 Å². The first-order chi connectivity index (χ1) is 9.52. The molecule has 1 aromatic carbocycles. The molecule has 110 valence electrons. The van der Waals surface area contributed by atoms with E-state index in [2.05, 4.69) is 5.32 Å². The number of rotatable bonds is 7. The molecule has 0 saturated heterocycles. The Morgan fingerprint density at radius 1 is 1.35 bits per heavy atom. The molecule has 0 radical (unpaired) electrons. The molecule has 6 heteroatoms. The zero-order valence-electron chi connectivity index (χ0n) is 11.6. The molecule has 1 amide bonds. The number of thioether (sulfide) groups is 1. The highest BCUT2D eigenvalue weighted by Gasteiger charge is 2.19. The van der Waals surface area contributed by atoms with Crippen LogP contribution in [0.5, 0.6) is 0 Å². The standard InChI is InChI=1S/C14H19NO4S/c1-10-3-5-11(6-4-10)9-19-14(18)15-12(13(16)17)7-8-20-2/h3-6,12H,7-9H2,1-2H3,(H,15,18)(H,16,17). The van der Waals surface area contributed by atoms with Crippen molar-refractivity contribution in [2.75, 3.05) is 12.0 Å². The average molecular weight is 297 g/mol. The van der Waals surface area contributed by atoms with Gasteiger partial charge in [0.1, 0.15) is 12.6 Å². The maximum Gasteiger partial charge on any atom is 0.408 e. The number of carbonyl (C=O) groups is 2. The molecular formula is C14H19NO4S. The number of carboxylic acids is 1. The van der Waals surface area contributed by atoms with E-state index in [4.69, 9.17) is 9.84 Å². The average Bonchev–Trinajstić information content (AvgIpc) is 2.42. The highest BCUT2D eigenvalue weighted by molar-refractivity contribution is 7.98. The van der Waals surface area contributed by atoms with Gasteiger partial charge >= 0.3 is 12.1 Å². The third-order valence-corrected chi connectivity index (χ3v) is 3.34. The van der Waals surface area contributed by atoms with Crippen LogP contribution in [0.15, 0.2) is 24.3 Å². The number of hydrogen-bond acceptors (Lipinski definition) is 4. The molecule has 0 aliphatic carbocycles. The van der Waals surface area contributed by atoms with Gasteiger partial charge in [-0.2, -0.15) is 11.8 Å². The molecule has 1 atom stereocenters. The molecule has 0 aliphatic rings. The van der Waals surface area contributed by atoms with Crippen LogP contribution in [0.25, 0.3) is 0 Å². The van der Waals surface area contributed by atoms with Gasteiger partial charge in [0.15, 0.2) is 0 Å². The summed E-state index contributed by atoms with van der Waals surface area (Å²) in [6, 6.07) is 6.67. The van der Waals surface area contributed by atoms with Crippen molar-refractivity contribution in [1.82, 2.24) is 5.32 Å². The number of hydrogen-bond donors (Lipinski definition) is 2. The van der Waals surface area contributed by atoms with Crippen LogP contribution in [0.1, 0.15) is 17.5 Å². The molecular weight excluding hydrogens is 278 g/mol. The van der Waals surface area contributed by atoms with Crippen molar-refractivity contribution in [1.29, 1.82) is 0 Å². The number of nitrogens with one attached hydrogen (secondary N) is 1. The number of carboxylic acid groups (broad SMARTS) is 1. The van der Waals surface area contributed by atoms with Crippen molar-refractivity contribution in [3.8, 4) is 0 Å². The number of benzene rings is 1. The summed E-state index contributed by atoms with van der Waals surface area (Å²) in [5.41, 5.74) is 1.99. The van der Waals surface area contributed by atoms with Gasteiger partial charge in [-0.25, -0.2) is 9.59 Å². The summed E-state index contributed by atoms with van der Waals surface area (Å²) < 4.78 is 5.01. The summed E-state index contributed by atoms with van der Waals surface area (Å²) in [4.78, 5) is 22.5. The minimum atomic E-state index is -1.05. The monoisotopic (exact) mass is 297 g/mol. The van der Waals surface area contributed by atoms with Gasteiger partial charge in [0.05, 0.1) is 0 Å². The lowest BCUT2D eigenvalue weighted by atomic mass is 10.2. The topological polar surface area (TPSA) is 75.6 Å². The number of carbonyl (C=O) groups excluding carboxylic acids is 1. The smallest absolute Gasteiger partial charge is 0.408 e. The third-order valence-electron chi connectivity index (χ3n) is 2.69. The van der Waals surface area contributed by atoms with Gasteiger partial charge in [-0.3, -0.25) is 0 Å². The van der Waals surface area contributed by atoms with Gasteiger partial charge in [-0.1, -0.05) is 29.8 Å². The second kappa shape index (κ2) is 8.47. The maximum absolute atomic E-state index is 11.6. The molecule has 1 aromatic rings. The highest BCUT2D eigenvalue weighted by Crippen LogP contribution is 2.05. The third kappa shape index (κ3) is 5.97. The molecule has 0 spiro atoms. The summed E-state index contributed by atoms with van der Waals surface area (Å²) in [5, 5.41) is 11.3. The maximum atomic E-state index is 11.6. The van der Waals surface area contributed by atoms with Gasteiger partial charge in [-0.05, 0) is 30.9 Å². The lowest BCUT2D eigenvalue weighted by Gasteiger charge is -2.14. The minimum Gasteiger partial charge on any atom is -0.480 e. The van der Waals surface area contributed by atoms with Crippen LogP contribution in [0.4, 0.5) is 4.79 Å². The quantitative estimate of drug-likeness (QED) is 0.808. The van der Waals surface area contributed by atoms with Gasteiger partial charge < -0.3 is 15.2 Å². The molecule has 0 aliphatic heterocycles. The first-order valence-electron chi connectivity index (χ1n) is 6.23. The van der Waals surface area contributed by atoms with E-state index in [1.165, 1.54) is 11.8 Å². The number of aliphatic carboxylic acids is 1. The van der Waals surface area contributed by atoms with Crippen LogP contribution < -0.4 is 5.32 Å². The Morgan fingerprint density at radius 3 is 2.55 bits per heavy atom. The second-order valence-corrected chi connectivity index (χ2v) is 5.36. The first kappa shape index (κ1) is 16.4. The molecule has 0 aromatic heterocycles. The van der Waals surface area contributed by atoms with Crippen LogP contribution >= 0.6 is 11.8 Å². The first-order valence-corrected chi connectivity index (χ1v) is 7.63. The van der Waals surface area contributed by atoms with Gasteiger partial charge in [0.2, 0.25) is 0 Å². The summed E-state index contributed by atoms with van der Waals surface area (Å²) in [7, 11) is 0. The van der Waals surface area contributed by atoms with Gasteiger partial charge in [0, 0.05) is 0 Å². The largest absolute Gasteiger partial charge is 0.480 e. The van der Waals surface area contributed by atoms with Crippen molar-refractivity contribution in [3.05, 3.63) is 35.4 Å². The van der Waals surface area contributed by atoms with E-state index in [9.17, 15) is 9.59 Å². The molecule has 0 fully saturated rings. The fourth-order valence-corrected chi connectivity index (χ4v) is 1.98. The molecule has 0 bridgehead atoms. The normalized spacial score (nSPS) is 11.7. The van der Waals surface area contributed by atoms with E-state index < -0.39 is 18.1 Å². The van der Waals surface area contributed by atoms with Crippen molar-refractivity contribution in [2.24, 2.45) is 0 Å². The van der Waals surface area contributed by atoms with Crippen LogP contribution in [-0.4, -0.2) is 35.2 Å². The van der Waals surface area contributed by atoms with E-state index in [1.807, 2.05) is 37.4 Å². The van der Waals surface area contributed by atoms with Crippen molar-refractivity contribution in [3.63, 3.8) is 0 Å². The number of alkyl carbamates (subject to hydrolysis) is 1. The second-order valence-electron chi connectivity index (χ2n) is 4.38. The van der Waals surface area contributed by atoms with Gasteiger partial charge in [0.25, 0.3) is 0 Å². The number of ether oxygens (including phenoxy) is 1.